The van der Waals surface area contributed by atoms with Gasteiger partial charge in [0.2, 0.25) is 5.91 Å². The predicted octanol–water partition coefficient (Wildman–Crippen LogP) is -0.976. The highest BCUT2D eigenvalue weighted by Crippen LogP contribution is 1.78. The van der Waals surface area contributed by atoms with E-state index in [2.05, 4.69) is 15.4 Å². The van der Waals surface area contributed by atoms with E-state index in [1.807, 2.05) is 0 Å². The van der Waals surface area contributed by atoms with Crippen molar-refractivity contribution in [3.05, 3.63) is 12.7 Å². The topological polar surface area (TPSA) is 59.8 Å². The number of carbonyl (C=O) groups excluding carboxylic acids is 1. The Bertz CT molecular complexity index is 205. The summed E-state index contributed by atoms with van der Waals surface area (Å²) in [7, 11) is 1.58. The number of nitrogens with one attached hydrogen (secondary N) is 1. The fourth-order valence-electron chi connectivity index (χ4n) is 0.541. The van der Waals surface area contributed by atoms with Crippen molar-refractivity contribution in [3.63, 3.8) is 0 Å². The third-order valence-electron chi connectivity index (χ3n) is 1.05. The van der Waals surface area contributed by atoms with Crippen molar-refractivity contribution in [1.29, 1.82) is 0 Å². The monoisotopic (exact) mass is 140 g/mol. The molecule has 0 bridgehead atoms. The van der Waals surface area contributed by atoms with Gasteiger partial charge in [0, 0.05) is 7.05 Å². The van der Waals surface area contributed by atoms with Crippen molar-refractivity contribution < 1.29 is 4.79 Å². The Morgan fingerprint density at radius 2 is 2.60 bits per heavy atom. The molecule has 0 aromatic carbocycles. The lowest BCUT2D eigenvalue weighted by Crippen LogP contribution is -2.23. The van der Waals surface area contributed by atoms with E-state index in [1.165, 1.54) is 17.3 Å². The molecule has 0 atom stereocenters. The van der Waals surface area contributed by atoms with Gasteiger partial charge in [-0.25, -0.2) is 9.67 Å². The molecule has 5 nitrogen and oxygen atoms in total. The number of hydrogen-bond donors (Lipinski definition) is 1. The van der Waals surface area contributed by atoms with Crippen molar-refractivity contribution in [3.8, 4) is 0 Å². The standard InChI is InChI=1S/C5H8N4O/c1-6-5(10)2-9-4-7-3-8-9/h3-4H,2H2,1H3,(H,6,10). The van der Waals surface area contributed by atoms with Crippen LogP contribution in [0.15, 0.2) is 12.7 Å². The van der Waals surface area contributed by atoms with E-state index >= 15 is 0 Å². The lowest BCUT2D eigenvalue weighted by atomic mass is 10.6. The molecule has 1 rings (SSSR count). The Kier molecular flexibility index (Phi) is 1.99. The first kappa shape index (κ1) is 6.73. The van der Waals surface area contributed by atoms with Crippen LogP contribution in [-0.2, 0) is 11.3 Å². The molecular formula is C5H8N4O. The van der Waals surface area contributed by atoms with Gasteiger partial charge in [0.25, 0.3) is 0 Å². The van der Waals surface area contributed by atoms with Crippen LogP contribution in [0.4, 0.5) is 0 Å². The highest BCUT2D eigenvalue weighted by atomic mass is 16.1. The van der Waals surface area contributed by atoms with Crippen LogP contribution in [0.25, 0.3) is 0 Å². The van der Waals surface area contributed by atoms with Gasteiger partial charge in [0.05, 0.1) is 0 Å². The summed E-state index contributed by atoms with van der Waals surface area (Å²) in [5.74, 6) is -0.0782. The summed E-state index contributed by atoms with van der Waals surface area (Å²) in [6.45, 7) is 0.233. The predicted molar refractivity (Wildman–Crippen MR) is 34.1 cm³/mol. The van der Waals surface area contributed by atoms with Gasteiger partial charge >= 0.3 is 0 Å². The normalized spacial score (nSPS) is 9.30. The summed E-state index contributed by atoms with van der Waals surface area (Å²) in [5, 5.41) is 6.22. The molecule has 1 heterocycles. The second-order valence-corrected chi connectivity index (χ2v) is 1.77. The molecule has 0 aliphatic heterocycles. The van der Waals surface area contributed by atoms with E-state index in [9.17, 15) is 4.79 Å². The summed E-state index contributed by atoms with van der Waals surface area (Å²) in [4.78, 5) is 14.4. The van der Waals surface area contributed by atoms with E-state index in [4.69, 9.17) is 0 Å². The Balaban J connectivity index is 2.48. The number of likely N-dealkylation sites (N-methyl/N-ethyl adjacent to an activating group) is 1. The molecule has 0 fully saturated rings. The van der Waals surface area contributed by atoms with Crippen LogP contribution < -0.4 is 5.32 Å². The zero-order valence-electron chi connectivity index (χ0n) is 5.61. The van der Waals surface area contributed by atoms with Gasteiger partial charge < -0.3 is 5.32 Å². The van der Waals surface area contributed by atoms with Crippen molar-refractivity contribution >= 4 is 5.91 Å². The van der Waals surface area contributed by atoms with Crippen molar-refractivity contribution in [2.45, 2.75) is 6.54 Å². The Hall–Kier alpha value is -1.39. The maximum absolute atomic E-state index is 10.7. The number of nitrogens with zero attached hydrogens (tertiary/aromatic N) is 3. The average molecular weight is 140 g/mol. The molecular weight excluding hydrogens is 132 g/mol. The smallest absolute Gasteiger partial charge is 0.241 e. The fourth-order valence-corrected chi connectivity index (χ4v) is 0.541. The molecule has 0 aliphatic carbocycles. The zero-order valence-corrected chi connectivity index (χ0v) is 5.61. The first-order chi connectivity index (χ1) is 4.83. The maximum Gasteiger partial charge on any atom is 0.241 e. The van der Waals surface area contributed by atoms with Gasteiger partial charge in [-0.15, -0.1) is 0 Å². The SMILES string of the molecule is CNC(=O)Cn1cncn1. The van der Waals surface area contributed by atoms with E-state index < -0.39 is 0 Å². The Morgan fingerprint density at radius 1 is 1.80 bits per heavy atom. The highest BCUT2D eigenvalue weighted by Gasteiger charge is 1.97. The molecule has 1 aromatic heterocycles. The van der Waals surface area contributed by atoms with Crippen LogP contribution in [-0.4, -0.2) is 27.7 Å². The lowest BCUT2D eigenvalue weighted by Gasteiger charge is -1.96. The van der Waals surface area contributed by atoms with E-state index in [1.54, 1.807) is 7.05 Å². The van der Waals surface area contributed by atoms with Gasteiger partial charge in [0.15, 0.2) is 0 Å². The van der Waals surface area contributed by atoms with Crippen LogP contribution in [0.2, 0.25) is 0 Å². The third-order valence-corrected chi connectivity index (χ3v) is 1.05. The minimum Gasteiger partial charge on any atom is -0.358 e. The first-order valence-corrected chi connectivity index (χ1v) is 2.86. The maximum atomic E-state index is 10.7. The Morgan fingerprint density at radius 3 is 3.10 bits per heavy atom. The number of aromatic nitrogens is 3. The molecule has 0 unspecified atom stereocenters. The minimum atomic E-state index is -0.0782. The quantitative estimate of drug-likeness (QED) is 0.574. The molecule has 54 valence electrons. The van der Waals surface area contributed by atoms with Crippen molar-refractivity contribution in [1.82, 2.24) is 20.1 Å². The summed E-state index contributed by atoms with van der Waals surface area (Å²) >= 11 is 0. The highest BCUT2D eigenvalue weighted by molar-refractivity contribution is 5.75. The first-order valence-electron chi connectivity index (χ1n) is 2.86. The van der Waals surface area contributed by atoms with Crippen LogP contribution >= 0.6 is 0 Å². The fraction of sp³-hybridized carbons (Fsp3) is 0.400. The second-order valence-electron chi connectivity index (χ2n) is 1.77. The second kappa shape index (κ2) is 2.95. The number of hydrogen-bond acceptors (Lipinski definition) is 3. The molecule has 0 saturated heterocycles. The van der Waals surface area contributed by atoms with Crippen LogP contribution in [0, 0.1) is 0 Å². The largest absolute Gasteiger partial charge is 0.358 e. The molecule has 10 heavy (non-hydrogen) atoms. The summed E-state index contributed by atoms with van der Waals surface area (Å²) in [5.41, 5.74) is 0. The third kappa shape index (κ3) is 1.54. The van der Waals surface area contributed by atoms with E-state index in [0.29, 0.717) is 0 Å². The molecule has 5 heteroatoms. The summed E-state index contributed by atoms with van der Waals surface area (Å²) in [6, 6.07) is 0. The lowest BCUT2D eigenvalue weighted by molar-refractivity contribution is -0.121. The van der Waals surface area contributed by atoms with Gasteiger partial charge in [-0.05, 0) is 0 Å². The minimum absolute atomic E-state index is 0.0782. The summed E-state index contributed by atoms with van der Waals surface area (Å²) < 4.78 is 1.46. The van der Waals surface area contributed by atoms with Crippen LogP contribution in [0.1, 0.15) is 0 Å². The molecule has 0 saturated carbocycles. The van der Waals surface area contributed by atoms with Gasteiger partial charge in [-0.3, -0.25) is 4.79 Å². The molecule has 1 aromatic rings. The van der Waals surface area contributed by atoms with Gasteiger partial charge in [-0.2, -0.15) is 5.10 Å². The molecule has 0 spiro atoms. The van der Waals surface area contributed by atoms with E-state index in [0.717, 1.165) is 0 Å². The Labute approximate surface area is 58.1 Å². The van der Waals surface area contributed by atoms with Crippen molar-refractivity contribution in [2.24, 2.45) is 0 Å². The molecule has 1 amide bonds. The van der Waals surface area contributed by atoms with E-state index in [-0.39, 0.29) is 12.5 Å². The molecule has 0 aliphatic rings. The molecule has 1 N–H and O–H groups in total. The zero-order chi connectivity index (χ0) is 7.40. The van der Waals surface area contributed by atoms with Crippen LogP contribution in [0.5, 0.6) is 0 Å². The summed E-state index contributed by atoms with van der Waals surface area (Å²) in [6.07, 6.45) is 2.89. The number of carbonyl (C=O) groups is 1. The van der Waals surface area contributed by atoms with Gasteiger partial charge in [0.1, 0.15) is 19.2 Å². The molecule has 0 radical (unpaired) electrons. The van der Waals surface area contributed by atoms with Gasteiger partial charge in [-0.1, -0.05) is 0 Å². The van der Waals surface area contributed by atoms with Crippen LogP contribution in [0.3, 0.4) is 0 Å². The average Bonchev–Trinajstić information content (AvgIpc) is 2.40. The number of rotatable bonds is 2. The number of amides is 1. The van der Waals surface area contributed by atoms with Crippen molar-refractivity contribution in [2.75, 3.05) is 7.05 Å².